The maximum absolute atomic E-state index is 13.8. The van der Waals surface area contributed by atoms with E-state index in [1.54, 1.807) is 40.3 Å². The molecule has 0 bridgehead atoms. The minimum atomic E-state index is -0.346. The first-order valence-electron chi connectivity index (χ1n) is 11.9. The first-order chi connectivity index (χ1) is 17.4. The number of fused-ring (bicyclic) bond motifs is 1. The highest BCUT2D eigenvalue weighted by atomic mass is 19.1. The first kappa shape index (κ1) is 23.5. The van der Waals surface area contributed by atoms with E-state index in [1.807, 2.05) is 43.3 Å². The van der Waals surface area contributed by atoms with Gasteiger partial charge in [0.25, 0.3) is 5.91 Å². The Kier molecular flexibility index (Phi) is 6.41. The fourth-order valence-electron chi connectivity index (χ4n) is 4.56. The fourth-order valence-corrected chi connectivity index (χ4v) is 4.56. The summed E-state index contributed by atoms with van der Waals surface area (Å²) in [6.45, 7) is 1.25. The predicted octanol–water partition coefficient (Wildman–Crippen LogP) is 5.00. The maximum atomic E-state index is 13.8. The average Bonchev–Trinajstić information content (AvgIpc) is 3.54. The van der Waals surface area contributed by atoms with E-state index in [1.165, 1.54) is 12.1 Å². The summed E-state index contributed by atoms with van der Waals surface area (Å²) in [6, 6.07) is 17.2. The van der Waals surface area contributed by atoms with Crippen molar-refractivity contribution >= 4 is 34.2 Å². The van der Waals surface area contributed by atoms with Crippen molar-refractivity contribution in [1.82, 2.24) is 9.88 Å². The minimum Gasteiger partial charge on any atom is -0.467 e. The smallest absolute Gasteiger partial charge is 0.254 e. The topological polar surface area (TPSA) is 69.9 Å². The molecule has 1 fully saturated rings. The van der Waals surface area contributed by atoms with Gasteiger partial charge in [0, 0.05) is 55.3 Å². The zero-order chi connectivity index (χ0) is 25.2. The molecule has 36 heavy (non-hydrogen) atoms. The predicted molar refractivity (Wildman–Crippen MR) is 136 cm³/mol. The van der Waals surface area contributed by atoms with Crippen molar-refractivity contribution in [2.75, 3.05) is 30.4 Å². The van der Waals surface area contributed by atoms with E-state index in [0.29, 0.717) is 35.6 Å². The van der Waals surface area contributed by atoms with E-state index in [4.69, 9.17) is 4.42 Å². The van der Waals surface area contributed by atoms with E-state index in [2.05, 4.69) is 4.98 Å². The maximum Gasteiger partial charge on any atom is 0.254 e. The van der Waals surface area contributed by atoms with Gasteiger partial charge in [0.2, 0.25) is 5.91 Å². The molecule has 0 radical (unpaired) electrons. The molecule has 2 aromatic heterocycles. The van der Waals surface area contributed by atoms with E-state index >= 15 is 0 Å². The number of benzene rings is 2. The van der Waals surface area contributed by atoms with Gasteiger partial charge in [-0.2, -0.15) is 0 Å². The number of furan rings is 1. The van der Waals surface area contributed by atoms with Crippen LogP contribution >= 0.6 is 0 Å². The zero-order valence-corrected chi connectivity index (χ0v) is 20.3. The van der Waals surface area contributed by atoms with E-state index in [-0.39, 0.29) is 30.7 Å². The fraction of sp³-hybridized carbons (Fsp3) is 0.250. The number of hydrogen-bond donors (Lipinski definition) is 0. The minimum absolute atomic E-state index is 0.105. The van der Waals surface area contributed by atoms with Gasteiger partial charge in [-0.15, -0.1) is 0 Å². The highest BCUT2D eigenvalue weighted by Gasteiger charge is 2.24. The number of halogens is 1. The first-order valence-corrected chi connectivity index (χ1v) is 11.9. The van der Waals surface area contributed by atoms with Crippen LogP contribution < -0.4 is 9.80 Å². The number of anilines is 2. The number of pyridine rings is 1. The van der Waals surface area contributed by atoms with Gasteiger partial charge in [-0.25, -0.2) is 9.37 Å². The summed E-state index contributed by atoms with van der Waals surface area (Å²) in [7, 11) is 3.74. The Bertz CT molecular complexity index is 1400. The van der Waals surface area contributed by atoms with Gasteiger partial charge >= 0.3 is 0 Å². The lowest BCUT2D eigenvalue weighted by Gasteiger charge is -2.25. The molecule has 0 spiro atoms. The van der Waals surface area contributed by atoms with Crippen molar-refractivity contribution in [3.05, 3.63) is 89.6 Å². The molecule has 1 aliphatic heterocycles. The van der Waals surface area contributed by atoms with Crippen LogP contribution in [0.15, 0.2) is 71.3 Å². The molecule has 1 saturated heterocycles. The SMILES string of the molecule is CN(C)c1nc2cc(F)ccc2cc1CN(Cc1ccco1)C(=O)c1ccc(N2CCCC2=O)cc1. The Hall–Kier alpha value is -4.20. The van der Waals surface area contributed by atoms with Gasteiger partial charge in [-0.05, 0) is 61.0 Å². The summed E-state index contributed by atoms with van der Waals surface area (Å²) in [4.78, 5) is 35.8. The van der Waals surface area contributed by atoms with Crippen molar-refractivity contribution in [1.29, 1.82) is 0 Å². The third kappa shape index (κ3) is 4.79. The molecule has 5 rings (SSSR count). The van der Waals surface area contributed by atoms with Gasteiger partial charge in [0.15, 0.2) is 0 Å². The summed E-state index contributed by atoms with van der Waals surface area (Å²) in [6.07, 6.45) is 2.98. The second kappa shape index (κ2) is 9.81. The Morgan fingerprint density at radius 2 is 1.89 bits per heavy atom. The van der Waals surface area contributed by atoms with Gasteiger partial charge in [-0.3, -0.25) is 9.59 Å². The molecular formula is C28H27FN4O3. The number of hydrogen-bond acceptors (Lipinski definition) is 5. The van der Waals surface area contributed by atoms with Crippen molar-refractivity contribution in [2.45, 2.75) is 25.9 Å². The molecule has 2 aromatic carbocycles. The molecule has 3 heterocycles. The van der Waals surface area contributed by atoms with Crippen molar-refractivity contribution in [3.8, 4) is 0 Å². The molecule has 2 amide bonds. The number of amides is 2. The lowest BCUT2D eigenvalue weighted by atomic mass is 10.1. The molecule has 7 nitrogen and oxygen atoms in total. The van der Waals surface area contributed by atoms with Crippen LogP contribution in [0.3, 0.4) is 0 Å². The number of aromatic nitrogens is 1. The second-order valence-corrected chi connectivity index (χ2v) is 9.14. The highest BCUT2D eigenvalue weighted by molar-refractivity contribution is 5.97. The Balaban J connectivity index is 1.47. The zero-order valence-electron chi connectivity index (χ0n) is 20.3. The third-order valence-corrected chi connectivity index (χ3v) is 6.33. The normalized spacial score (nSPS) is 13.4. The van der Waals surface area contributed by atoms with Gasteiger partial charge in [-0.1, -0.05) is 0 Å². The molecule has 0 unspecified atom stereocenters. The van der Waals surface area contributed by atoms with Gasteiger partial charge in [0.1, 0.15) is 17.4 Å². The Morgan fingerprint density at radius 3 is 2.56 bits per heavy atom. The van der Waals surface area contributed by atoms with Crippen LogP contribution in [-0.2, 0) is 17.9 Å². The summed E-state index contributed by atoms with van der Waals surface area (Å²) in [5, 5.41) is 0.794. The van der Waals surface area contributed by atoms with Crippen LogP contribution in [0.5, 0.6) is 0 Å². The lowest BCUT2D eigenvalue weighted by molar-refractivity contribution is -0.117. The number of rotatable bonds is 7. The average molecular weight is 487 g/mol. The van der Waals surface area contributed by atoms with Crippen LogP contribution in [-0.4, -0.2) is 42.3 Å². The monoisotopic (exact) mass is 486 g/mol. The van der Waals surface area contributed by atoms with Crippen molar-refractivity contribution < 1.29 is 18.4 Å². The van der Waals surface area contributed by atoms with Crippen LogP contribution in [0.2, 0.25) is 0 Å². The molecule has 0 N–H and O–H groups in total. The summed E-state index contributed by atoms with van der Waals surface area (Å²) < 4.78 is 19.3. The standard InChI is InChI=1S/C28H27FN4O3/c1-31(2)27-21(15-20-7-10-22(29)16-25(20)30-27)17-32(18-24-5-4-14-36-24)28(35)19-8-11-23(12-9-19)33-13-3-6-26(33)34/h4-5,7-12,14-16H,3,6,13,17-18H2,1-2H3. The van der Waals surface area contributed by atoms with Crippen molar-refractivity contribution in [3.63, 3.8) is 0 Å². The largest absolute Gasteiger partial charge is 0.467 e. The molecule has 0 aliphatic carbocycles. The van der Waals surface area contributed by atoms with Crippen molar-refractivity contribution in [2.24, 2.45) is 0 Å². The lowest BCUT2D eigenvalue weighted by Crippen LogP contribution is -2.31. The van der Waals surface area contributed by atoms with E-state index in [0.717, 1.165) is 23.1 Å². The number of carbonyl (C=O) groups is 2. The van der Waals surface area contributed by atoms with Crippen LogP contribution in [0.1, 0.15) is 34.5 Å². The molecule has 4 aromatic rings. The summed E-state index contributed by atoms with van der Waals surface area (Å²) in [5.41, 5.74) is 2.70. The molecular weight excluding hydrogens is 459 g/mol. The Labute approximate surface area is 208 Å². The van der Waals surface area contributed by atoms with Crippen LogP contribution in [0.25, 0.3) is 10.9 Å². The summed E-state index contributed by atoms with van der Waals surface area (Å²) in [5.74, 6) is 0.905. The number of carbonyl (C=O) groups excluding carboxylic acids is 2. The molecule has 0 atom stereocenters. The Morgan fingerprint density at radius 1 is 1.08 bits per heavy atom. The number of nitrogens with zero attached hydrogens (tertiary/aromatic N) is 4. The third-order valence-electron chi connectivity index (χ3n) is 6.33. The molecule has 184 valence electrons. The van der Waals surface area contributed by atoms with Crippen LogP contribution in [0, 0.1) is 5.82 Å². The van der Waals surface area contributed by atoms with Crippen LogP contribution in [0.4, 0.5) is 15.9 Å². The van der Waals surface area contributed by atoms with Gasteiger partial charge < -0.3 is 19.1 Å². The summed E-state index contributed by atoms with van der Waals surface area (Å²) >= 11 is 0. The van der Waals surface area contributed by atoms with E-state index < -0.39 is 0 Å². The second-order valence-electron chi connectivity index (χ2n) is 9.14. The van der Waals surface area contributed by atoms with Gasteiger partial charge in [0.05, 0.1) is 24.9 Å². The molecule has 1 aliphatic rings. The molecule has 0 saturated carbocycles. The quantitative estimate of drug-likeness (QED) is 0.368. The van der Waals surface area contributed by atoms with E-state index in [9.17, 15) is 14.0 Å². The highest BCUT2D eigenvalue weighted by Crippen LogP contribution is 2.27. The molecule has 8 heteroatoms.